The van der Waals surface area contributed by atoms with E-state index in [2.05, 4.69) is 5.32 Å². The fourth-order valence-corrected chi connectivity index (χ4v) is 3.75. The first-order chi connectivity index (χ1) is 14.0. The van der Waals surface area contributed by atoms with Crippen molar-refractivity contribution in [3.05, 3.63) is 69.8 Å². The van der Waals surface area contributed by atoms with Crippen LogP contribution >= 0.6 is 11.3 Å². The molecule has 2 aromatic heterocycles. The molecular weight excluding hydrogens is 391 g/mol. The molecule has 1 aromatic carbocycles. The highest BCUT2D eigenvalue weighted by molar-refractivity contribution is 7.09. The summed E-state index contributed by atoms with van der Waals surface area (Å²) in [4.78, 5) is 25.7. The SMILES string of the molecule is CCOC(=O)c1cc(-c2ccc(F)cc2)n(CCC(=O)NCc2cccs2)c1C. The van der Waals surface area contributed by atoms with E-state index in [0.717, 1.165) is 16.1 Å². The lowest BCUT2D eigenvalue weighted by atomic mass is 10.1. The van der Waals surface area contributed by atoms with Crippen molar-refractivity contribution in [2.75, 3.05) is 6.61 Å². The van der Waals surface area contributed by atoms with Crippen LogP contribution in [-0.4, -0.2) is 23.1 Å². The van der Waals surface area contributed by atoms with Crippen LogP contribution in [0.25, 0.3) is 11.3 Å². The summed E-state index contributed by atoms with van der Waals surface area (Å²) in [6.45, 7) is 4.75. The predicted octanol–water partition coefficient (Wildman–Crippen LogP) is 4.55. The van der Waals surface area contributed by atoms with E-state index in [1.54, 1.807) is 36.5 Å². The van der Waals surface area contributed by atoms with Gasteiger partial charge in [-0.05, 0) is 61.2 Å². The van der Waals surface area contributed by atoms with E-state index < -0.39 is 5.97 Å². The van der Waals surface area contributed by atoms with E-state index in [1.165, 1.54) is 12.1 Å². The number of amides is 1. The average molecular weight is 415 g/mol. The van der Waals surface area contributed by atoms with Crippen LogP contribution < -0.4 is 5.32 Å². The van der Waals surface area contributed by atoms with E-state index in [0.29, 0.717) is 24.3 Å². The number of thiophene rings is 1. The Labute approximate surface area is 173 Å². The number of nitrogens with one attached hydrogen (secondary N) is 1. The Kier molecular flexibility index (Phi) is 6.82. The molecule has 0 aliphatic rings. The van der Waals surface area contributed by atoms with Gasteiger partial charge in [0.1, 0.15) is 5.82 Å². The van der Waals surface area contributed by atoms with Crippen molar-refractivity contribution in [3.63, 3.8) is 0 Å². The second-order valence-electron chi connectivity index (χ2n) is 6.51. The molecule has 0 saturated carbocycles. The molecule has 152 valence electrons. The van der Waals surface area contributed by atoms with Gasteiger partial charge in [0.05, 0.1) is 18.7 Å². The van der Waals surface area contributed by atoms with Gasteiger partial charge in [0.15, 0.2) is 0 Å². The summed E-state index contributed by atoms with van der Waals surface area (Å²) in [6, 6.07) is 11.7. The van der Waals surface area contributed by atoms with Crippen molar-refractivity contribution in [3.8, 4) is 11.3 Å². The average Bonchev–Trinajstić information content (AvgIpc) is 3.33. The fraction of sp³-hybridized carbons (Fsp3) is 0.273. The van der Waals surface area contributed by atoms with Crippen LogP contribution in [-0.2, 0) is 22.6 Å². The molecule has 5 nitrogen and oxygen atoms in total. The van der Waals surface area contributed by atoms with E-state index in [-0.39, 0.29) is 24.8 Å². The van der Waals surface area contributed by atoms with Crippen molar-refractivity contribution in [2.24, 2.45) is 0 Å². The van der Waals surface area contributed by atoms with Crippen molar-refractivity contribution in [2.45, 2.75) is 33.4 Å². The maximum atomic E-state index is 13.3. The summed E-state index contributed by atoms with van der Waals surface area (Å²) in [5, 5.41) is 4.88. The van der Waals surface area contributed by atoms with Gasteiger partial charge in [0.25, 0.3) is 0 Å². The van der Waals surface area contributed by atoms with Gasteiger partial charge < -0.3 is 14.6 Å². The highest BCUT2D eigenvalue weighted by Gasteiger charge is 2.20. The molecule has 0 radical (unpaired) electrons. The third-order valence-electron chi connectivity index (χ3n) is 4.60. The lowest BCUT2D eigenvalue weighted by Crippen LogP contribution is -2.23. The first kappa shape index (κ1) is 20.8. The summed E-state index contributed by atoms with van der Waals surface area (Å²) in [5.41, 5.74) is 2.68. The second-order valence-corrected chi connectivity index (χ2v) is 7.55. The summed E-state index contributed by atoms with van der Waals surface area (Å²) in [7, 11) is 0. The number of rotatable bonds is 8. The number of hydrogen-bond acceptors (Lipinski definition) is 4. The van der Waals surface area contributed by atoms with Crippen molar-refractivity contribution in [1.82, 2.24) is 9.88 Å². The smallest absolute Gasteiger partial charge is 0.339 e. The zero-order valence-corrected chi connectivity index (χ0v) is 17.2. The molecule has 0 aliphatic carbocycles. The number of hydrogen-bond donors (Lipinski definition) is 1. The van der Waals surface area contributed by atoms with Crippen LogP contribution in [0.5, 0.6) is 0 Å². The van der Waals surface area contributed by atoms with Gasteiger partial charge in [-0.1, -0.05) is 6.07 Å². The highest BCUT2D eigenvalue weighted by Crippen LogP contribution is 2.27. The maximum absolute atomic E-state index is 13.3. The Balaban J connectivity index is 1.80. The Morgan fingerprint density at radius 3 is 2.62 bits per heavy atom. The molecule has 0 bridgehead atoms. The molecule has 0 atom stereocenters. The molecule has 0 saturated heterocycles. The van der Waals surface area contributed by atoms with Crippen LogP contribution in [0, 0.1) is 12.7 Å². The first-order valence-corrected chi connectivity index (χ1v) is 10.3. The molecule has 1 amide bonds. The normalized spacial score (nSPS) is 10.7. The fourth-order valence-electron chi connectivity index (χ4n) is 3.11. The van der Waals surface area contributed by atoms with Gasteiger partial charge in [-0.2, -0.15) is 0 Å². The maximum Gasteiger partial charge on any atom is 0.339 e. The number of carbonyl (C=O) groups is 2. The second kappa shape index (κ2) is 9.52. The molecule has 7 heteroatoms. The number of benzene rings is 1. The van der Waals surface area contributed by atoms with Gasteiger partial charge in [-0.15, -0.1) is 11.3 Å². The number of halogens is 1. The van der Waals surface area contributed by atoms with Crippen LogP contribution in [0.3, 0.4) is 0 Å². The van der Waals surface area contributed by atoms with Gasteiger partial charge >= 0.3 is 5.97 Å². The van der Waals surface area contributed by atoms with Crippen molar-refractivity contribution < 1.29 is 18.7 Å². The zero-order valence-electron chi connectivity index (χ0n) is 16.4. The van der Waals surface area contributed by atoms with E-state index in [1.807, 2.05) is 29.0 Å². The standard InChI is InChI=1S/C22H23FN2O3S/c1-3-28-22(27)19-13-20(16-6-8-17(23)9-7-16)25(15(19)2)11-10-21(26)24-14-18-5-4-12-29-18/h4-9,12-13H,3,10-11,14H2,1-2H3,(H,24,26). The largest absolute Gasteiger partial charge is 0.462 e. The van der Waals surface area contributed by atoms with Gasteiger partial charge in [-0.3, -0.25) is 4.79 Å². The topological polar surface area (TPSA) is 60.3 Å². The molecule has 0 unspecified atom stereocenters. The number of ether oxygens (including phenoxy) is 1. The lowest BCUT2D eigenvalue weighted by Gasteiger charge is -2.12. The molecule has 0 aliphatic heterocycles. The van der Waals surface area contributed by atoms with Crippen LogP contribution in [0.15, 0.2) is 47.8 Å². The van der Waals surface area contributed by atoms with Crippen molar-refractivity contribution in [1.29, 1.82) is 0 Å². The minimum absolute atomic E-state index is 0.0748. The molecule has 1 N–H and O–H groups in total. The third-order valence-corrected chi connectivity index (χ3v) is 5.48. The predicted molar refractivity (Wildman–Crippen MR) is 111 cm³/mol. The monoisotopic (exact) mass is 414 g/mol. The van der Waals surface area contributed by atoms with E-state index in [9.17, 15) is 14.0 Å². The van der Waals surface area contributed by atoms with Crippen LogP contribution in [0.1, 0.15) is 34.3 Å². The zero-order chi connectivity index (χ0) is 20.8. The summed E-state index contributed by atoms with van der Waals surface area (Å²) >= 11 is 1.59. The summed E-state index contributed by atoms with van der Waals surface area (Å²) in [6.07, 6.45) is 0.261. The van der Waals surface area contributed by atoms with Crippen molar-refractivity contribution >= 4 is 23.2 Å². The Bertz CT molecular complexity index is 978. The van der Waals surface area contributed by atoms with Gasteiger partial charge in [0, 0.05) is 29.2 Å². The molecule has 29 heavy (non-hydrogen) atoms. The molecule has 2 heterocycles. The molecule has 3 aromatic rings. The highest BCUT2D eigenvalue weighted by atomic mass is 32.1. The Morgan fingerprint density at radius 1 is 1.21 bits per heavy atom. The Hall–Kier alpha value is -2.93. The minimum Gasteiger partial charge on any atom is -0.462 e. The molecular formula is C22H23FN2O3S. The van der Waals surface area contributed by atoms with E-state index >= 15 is 0 Å². The summed E-state index contributed by atoms with van der Waals surface area (Å²) in [5.74, 6) is -0.814. The molecule has 0 spiro atoms. The molecule has 3 rings (SSSR count). The first-order valence-electron chi connectivity index (χ1n) is 9.42. The van der Waals surface area contributed by atoms with Gasteiger partial charge in [-0.25, -0.2) is 9.18 Å². The molecule has 0 fully saturated rings. The Morgan fingerprint density at radius 2 is 1.97 bits per heavy atom. The van der Waals surface area contributed by atoms with E-state index in [4.69, 9.17) is 4.74 Å². The minimum atomic E-state index is -0.408. The van der Waals surface area contributed by atoms with Crippen LogP contribution in [0.2, 0.25) is 0 Å². The quantitative estimate of drug-likeness (QED) is 0.550. The number of nitrogens with zero attached hydrogens (tertiary/aromatic N) is 1. The van der Waals surface area contributed by atoms with Crippen LogP contribution in [0.4, 0.5) is 4.39 Å². The van der Waals surface area contributed by atoms with Gasteiger partial charge in [0.2, 0.25) is 5.91 Å². The number of aromatic nitrogens is 1. The number of esters is 1. The summed E-state index contributed by atoms with van der Waals surface area (Å²) < 4.78 is 20.4. The third kappa shape index (κ3) is 5.12. The lowest BCUT2D eigenvalue weighted by molar-refractivity contribution is -0.121. The number of carbonyl (C=O) groups excluding carboxylic acids is 2.